The molecule has 6 heteroatoms. The highest BCUT2D eigenvalue weighted by Crippen LogP contribution is 2.27. The van der Waals surface area contributed by atoms with Crippen LogP contribution in [0.5, 0.6) is 5.75 Å². The number of nitrogens with one attached hydrogen (secondary N) is 1. The van der Waals surface area contributed by atoms with Gasteiger partial charge in [-0.05, 0) is 68.1 Å². The van der Waals surface area contributed by atoms with E-state index in [1.54, 1.807) is 31.6 Å². The zero-order valence-corrected chi connectivity index (χ0v) is 17.0. The van der Waals surface area contributed by atoms with Gasteiger partial charge in [0, 0.05) is 25.2 Å². The number of benzene rings is 1. The summed E-state index contributed by atoms with van der Waals surface area (Å²) in [5.74, 6) is 2.05. The van der Waals surface area contributed by atoms with Crippen LogP contribution in [0.25, 0.3) is 6.08 Å². The smallest absolute Gasteiger partial charge is 0.224 e. The number of hydrogen-bond donors (Lipinski definition) is 1. The maximum absolute atomic E-state index is 12.3. The van der Waals surface area contributed by atoms with Crippen molar-refractivity contribution in [1.82, 2.24) is 4.90 Å². The number of rotatable bonds is 8. The molecule has 0 radical (unpaired) electrons. The summed E-state index contributed by atoms with van der Waals surface area (Å²) in [6, 6.07) is 9.11. The predicted molar refractivity (Wildman–Crippen MR) is 113 cm³/mol. The van der Waals surface area contributed by atoms with E-state index in [2.05, 4.69) is 16.3 Å². The quantitative estimate of drug-likeness (QED) is 0.668. The maximum atomic E-state index is 12.3. The van der Waals surface area contributed by atoms with Gasteiger partial charge in [0.15, 0.2) is 0 Å². The molecule has 1 amide bonds. The lowest BCUT2D eigenvalue weighted by Crippen LogP contribution is -2.35. The standard InChI is InChI=1S/C22H27ClN2O3/c1-27-21-10-9-18(15-20(21)23)24-22(26)11-8-17-5-2-12-25(16-17)13-3-6-19-7-4-14-28-19/h3-4,6-7,9-10,14-15,17H,2,5,8,11-13,16H2,1H3,(H,24,26). The van der Waals surface area contributed by atoms with Crippen molar-refractivity contribution in [3.63, 3.8) is 0 Å². The summed E-state index contributed by atoms with van der Waals surface area (Å²) in [4.78, 5) is 14.7. The Balaban J connectivity index is 1.41. The molecule has 1 atom stereocenters. The van der Waals surface area contributed by atoms with E-state index >= 15 is 0 Å². The van der Waals surface area contributed by atoms with Gasteiger partial charge < -0.3 is 14.5 Å². The fraction of sp³-hybridized carbons (Fsp3) is 0.409. The predicted octanol–water partition coefficient (Wildman–Crippen LogP) is 5.09. The Morgan fingerprint density at radius 3 is 3.07 bits per heavy atom. The van der Waals surface area contributed by atoms with Gasteiger partial charge >= 0.3 is 0 Å². The Bertz CT molecular complexity index is 789. The molecule has 0 saturated carbocycles. The molecule has 1 aliphatic heterocycles. The van der Waals surface area contributed by atoms with Gasteiger partial charge in [-0.1, -0.05) is 17.7 Å². The van der Waals surface area contributed by atoms with Crippen molar-refractivity contribution in [3.8, 4) is 5.75 Å². The summed E-state index contributed by atoms with van der Waals surface area (Å²) in [5, 5.41) is 3.41. The largest absolute Gasteiger partial charge is 0.495 e. The van der Waals surface area contributed by atoms with Crippen molar-refractivity contribution in [1.29, 1.82) is 0 Å². The molecule has 0 spiro atoms. The van der Waals surface area contributed by atoms with Crippen LogP contribution in [-0.2, 0) is 4.79 Å². The first-order valence-electron chi connectivity index (χ1n) is 9.70. The maximum Gasteiger partial charge on any atom is 0.224 e. The molecule has 150 valence electrons. The van der Waals surface area contributed by atoms with E-state index < -0.39 is 0 Å². The number of hydrogen-bond acceptors (Lipinski definition) is 4. The van der Waals surface area contributed by atoms with E-state index in [1.165, 1.54) is 12.8 Å². The summed E-state index contributed by atoms with van der Waals surface area (Å²) in [6.45, 7) is 3.05. The van der Waals surface area contributed by atoms with Gasteiger partial charge in [-0.3, -0.25) is 9.69 Å². The number of nitrogens with zero attached hydrogens (tertiary/aromatic N) is 1. The van der Waals surface area contributed by atoms with Gasteiger partial charge in [-0.2, -0.15) is 0 Å². The summed E-state index contributed by atoms with van der Waals surface area (Å²) >= 11 is 6.11. The summed E-state index contributed by atoms with van der Waals surface area (Å²) in [7, 11) is 1.57. The SMILES string of the molecule is COc1ccc(NC(=O)CCC2CCCN(CC=Cc3ccco3)C2)cc1Cl. The molecule has 1 aromatic carbocycles. The van der Waals surface area contributed by atoms with E-state index in [9.17, 15) is 4.79 Å². The number of piperidine rings is 1. The number of carbonyl (C=O) groups excluding carboxylic acids is 1. The van der Waals surface area contributed by atoms with E-state index in [1.807, 2.05) is 18.2 Å². The second kappa shape index (κ2) is 10.3. The van der Waals surface area contributed by atoms with Gasteiger partial charge in [0.25, 0.3) is 0 Å². The van der Waals surface area contributed by atoms with Crippen molar-refractivity contribution in [2.24, 2.45) is 5.92 Å². The first-order valence-corrected chi connectivity index (χ1v) is 10.1. The number of ether oxygens (including phenoxy) is 1. The number of amides is 1. The van der Waals surface area contributed by atoms with E-state index in [4.69, 9.17) is 20.8 Å². The lowest BCUT2D eigenvalue weighted by molar-refractivity contribution is -0.116. The third-order valence-electron chi connectivity index (χ3n) is 5.01. The Morgan fingerprint density at radius 1 is 1.43 bits per heavy atom. The lowest BCUT2D eigenvalue weighted by Gasteiger charge is -2.31. The molecule has 5 nitrogen and oxygen atoms in total. The molecule has 0 bridgehead atoms. The number of likely N-dealkylation sites (tertiary alicyclic amines) is 1. The normalized spacial score (nSPS) is 17.7. The molecule has 0 aliphatic carbocycles. The number of carbonyl (C=O) groups is 1. The first-order chi connectivity index (χ1) is 13.6. The monoisotopic (exact) mass is 402 g/mol. The van der Waals surface area contributed by atoms with Crippen LogP contribution in [0.1, 0.15) is 31.4 Å². The zero-order chi connectivity index (χ0) is 19.8. The molecule has 1 fully saturated rings. The fourth-order valence-corrected chi connectivity index (χ4v) is 3.82. The van der Waals surface area contributed by atoms with E-state index in [-0.39, 0.29) is 5.91 Å². The molecular formula is C22H27ClN2O3. The van der Waals surface area contributed by atoms with Crippen molar-refractivity contribution in [3.05, 3.63) is 53.5 Å². The van der Waals surface area contributed by atoms with Crippen LogP contribution in [0.2, 0.25) is 5.02 Å². The molecule has 2 aromatic rings. The molecular weight excluding hydrogens is 376 g/mol. The van der Waals surface area contributed by atoms with Crippen LogP contribution >= 0.6 is 11.6 Å². The highest BCUT2D eigenvalue weighted by molar-refractivity contribution is 6.32. The Kier molecular flexibility index (Phi) is 7.57. The fourth-order valence-electron chi connectivity index (χ4n) is 3.56. The Morgan fingerprint density at radius 2 is 2.32 bits per heavy atom. The number of furan rings is 1. The van der Waals surface area contributed by atoms with Crippen LogP contribution in [0.3, 0.4) is 0 Å². The summed E-state index contributed by atoms with van der Waals surface area (Å²) in [6.07, 6.45) is 9.60. The van der Waals surface area contributed by atoms with Crippen molar-refractivity contribution in [2.75, 3.05) is 32.1 Å². The minimum atomic E-state index is 0.0241. The highest BCUT2D eigenvalue weighted by atomic mass is 35.5. The number of halogens is 1. The van der Waals surface area contributed by atoms with E-state index in [0.29, 0.717) is 28.8 Å². The van der Waals surface area contributed by atoms with Crippen LogP contribution in [0.4, 0.5) is 5.69 Å². The van der Waals surface area contributed by atoms with Crippen molar-refractivity contribution in [2.45, 2.75) is 25.7 Å². The average molecular weight is 403 g/mol. The van der Waals surface area contributed by atoms with Gasteiger partial charge in [-0.25, -0.2) is 0 Å². The van der Waals surface area contributed by atoms with E-state index in [0.717, 1.165) is 31.8 Å². The second-order valence-electron chi connectivity index (χ2n) is 7.12. The van der Waals surface area contributed by atoms with Crippen LogP contribution < -0.4 is 10.1 Å². The summed E-state index contributed by atoms with van der Waals surface area (Å²) in [5.41, 5.74) is 0.698. The minimum Gasteiger partial charge on any atom is -0.495 e. The highest BCUT2D eigenvalue weighted by Gasteiger charge is 2.20. The third-order valence-corrected chi connectivity index (χ3v) is 5.30. The molecule has 3 rings (SSSR count). The summed E-state index contributed by atoms with van der Waals surface area (Å²) < 4.78 is 10.4. The number of anilines is 1. The van der Waals surface area contributed by atoms with Crippen LogP contribution in [0, 0.1) is 5.92 Å². The third kappa shape index (κ3) is 6.14. The molecule has 1 unspecified atom stereocenters. The topological polar surface area (TPSA) is 54.7 Å². The van der Waals surface area contributed by atoms with Crippen molar-refractivity contribution < 1.29 is 13.9 Å². The van der Waals surface area contributed by atoms with Crippen LogP contribution in [0.15, 0.2) is 47.1 Å². The molecule has 2 heterocycles. The molecule has 28 heavy (non-hydrogen) atoms. The molecule has 1 aromatic heterocycles. The van der Waals surface area contributed by atoms with Gasteiger partial charge in [0.2, 0.25) is 5.91 Å². The Labute approximate surface area is 171 Å². The van der Waals surface area contributed by atoms with Gasteiger partial charge in [0.1, 0.15) is 11.5 Å². The average Bonchev–Trinajstić information content (AvgIpc) is 3.20. The van der Waals surface area contributed by atoms with Gasteiger partial charge in [-0.15, -0.1) is 0 Å². The van der Waals surface area contributed by atoms with Crippen LogP contribution in [-0.4, -0.2) is 37.6 Å². The minimum absolute atomic E-state index is 0.0241. The zero-order valence-electron chi connectivity index (χ0n) is 16.2. The molecule has 1 saturated heterocycles. The lowest BCUT2D eigenvalue weighted by atomic mass is 9.93. The Hall–Kier alpha value is -2.24. The molecule has 1 N–H and O–H groups in total. The number of methoxy groups -OCH3 is 1. The second-order valence-corrected chi connectivity index (χ2v) is 7.53. The van der Waals surface area contributed by atoms with Gasteiger partial charge in [0.05, 0.1) is 18.4 Å². The van der Waals surface area contributed by atoms with Crippen molar-refractivity contribution >= 4 is 29.3 Å². The molecule has 1 aliphatic rings. The first kappa shape index (κ1) is 20.5.